The molecule has 4 rings (SSSR count). The van der Waals surface area contributed by atoms with Crippen LogP contribution in [0.3, 0.4) is 0 Å². The van der Waals surface area contributed by atoms with Crippen LogP contribution in [0.25, 0.3) is 10.8 Å². The second-order valence-corrected chi connectivity index (χ2v) is 9.82. The number of benzene rings is 3. The van der Waals surface area contributed by atoms with Crippen molar-refractivity contribution >= 4 is 32.3 Å². The molecule has 186 valence electrons. The number of carboxylic acids is 1. The highest BCUT2D eigenvalue weighted by atomic mass is 32.2. The Balaban J connectivity index is 0.000000299. The fourth-order valence-electron chi connectivity index (χ4n) is 3.48. The van der Waals surface area contributed by atoms with Gasteiger partial charge in [0.1, 0.15) is 0 Å². The van der Waals surface area contributed by atoms with Gasteiger partial charge in [-0.15, -0.1) is 0 Å². The van der Waals surface area contributed by atoms with Gasteiger partial charge in [0.2, 0.25) is 0 Å². The van der Waals surface area contributed by atoms with E-state index in [4.69, 9.17) is 5.11 Å². The van der Waals surface area contributed by atoms with Crippen LogP contribution in [-0.2, 0) is 9.84 Å². The zero-order chi connectivity index (χ0) is 25.7. The van der Waals surface area contributed by atoms with Gasteiger partial charge in [0.25, 0.3) is 0 Å². The highest BCUT2D eigenvalue weighted by Crippen LogP contribution is 2.23. The van der Waals surface area contributed by atoms with Crippen molar-refractivity contribution in [1.82, 2.24) is 0 Å². The monoisotopic (exact) mass is 485 g/mol. The maximum atomic E-state index is 11.3. The zero-order valence-corrected chi connectivity index (χ0v) is 22.1. The first kappa shape index (κ1) is 29.2. The second kappa shape index (κ2) is 14.4. The van der Waals surface area contributed by atoms with Crippen LogP contribution < -0.4 is 4.90 Å². The SMILES string of the molecule is CC.CC.CC1CCN(c2ccc(C(=O)O)cc2)CC1.CS(=O)(=O)c1ccc2ccccc2c1. The van der Waals surface area contributed by atoms with Gasteiger partial charge in [-0.1, -0.05) is 65.0 Å². The maximum Gasteiger partial charge on any atom is 0.335 e. The van der Waals surface area contributed by atoms with Crippen LogP contribution >= 0.6 is 0 Å². The maximum absolute atomic E-state index is 11.3. The Bertz CT molecular complexity index is 1120. The molecule has 34 heavy (non-hydrogen) atoms. The van der Waals surface area contributed by atoms with E-state index < -0.39 is 15.8 Å². The van der Waals surface area contributed by atoms with Gasteiger partial charge in [0.15, 0.2) is 9.84 Å². The lowest BCUT2D eigenvalue weighted by Crippen LogP contribution is -2.32. The number of anilines is 1. The van der Waals surface area contributed by atoms with Crippen molar-refractivity contribution in [2.45, 2.75) is 52.4 Å². The van der Waals surface area contributed by atoms with Crippen molar-refractivity contribution in [2.75, 3.05) is 24.2 Å². The van der Waals surface area contributed by atoms with E-state index in [9.17, 15) is 13.2 Å². The van der Waals surface area contributed by atoms with Gasteiger partial charge in [-0.05, 0) is 65.9 Å². The van der Waals surface area contributed by atoms with Gasteiger partial charge in [0, 0.05) is 25.0 Å². The summed E-state index contributed by atoms with van der Waals surface area (Å²) < 4.78 is 22.6. The van der Waals surface area contributed by atoms with Gasteiger partial charge in [-0.2, -0.15) is 0 Å². The molecule has 3 aromatic rings. The average molecular weight is 486 g/mol. The third-order valence-corrected chi connectivity index (χ3v) is 6.52. The molecule has 0 aliphatic carbocycles. The quantitative estimate of drug-likeness (QED) is 0.436. The number of hydrogen-bond acceptors (Lipinski definition) is 4. The zero-order valence-electron chi connectivity index (χ0n) is 21.3. The smallest absolute Gasteiger partial charge is 0.335 e. The molecule has 1 fully saturated rings. The van der Waals surface area contributed by atoms with Gasteiger partial charge >= 0.3 is 5.97 Å². The van der Waals surface area contributed by atoms with Crippen LogP contribution in [-0.4, -0.2) is 38.8 Å². The summed E-state index contributed by atoms with van der Waals surface area (Å²) in [6.45, 7) is 12.4. The predicted molar refractivity (Wildman–Crippen MR) is 144 cm³/mol. The van der Waals surface area contributed by atoms with E-state index in [1.54, 1.807) is 24.3 Å². The number of carbonyl (C=O) groups is 1. The molecule has 0 atom stereocenters. The minimum absolute atomic E-state index is 0.356. The largest absolute Gasteiger partial charge is 0.478 e. The number of aromatic carboxylic acids is 1. The molecule has 1 aliphatic heterocycles. The molecule has 1 N–H and O–H groups in total. The molecule has 3 aromatic carbocycles. The number of piperidine rings is 1. The number of nitrogens with zero attached hydrogens (tertiary/aromatic N) is 1. The van der Waals surface area contributed by atoms with Gasteiger partial charge in [-0.25, -0.2) is 13.2 Å². The molecular weight excluding hydrogens is 446 g/mol. The Morgan fingerprint density at radius 3 is 1.88 bits per heavy atom. The van der Waals surface area contributed by atoms with E-state index in [0.29, 0.717) is 10.5 Å². The van der Waals surface area contributed by atoms with Crippen LogP contribution in [0.5, 0.6) is 0 Å². The minimum atomic E-state index is -3.09. The highest BCUT2D eigenvalue weighted by molar-refractivity contribution is 7.90. The first-order chi connectivity index (χ1) is 16.2. The third-order valence-electron chi connectivity index (χ3n) is 5.41. The van der Waals surface area contributed by atoms with E-state index in [0.717, 1.165) is 35.5 Å². The number of rotatable bonds is 3. The van der Waals surface area contributed by atoms with Gasteiger partial charge in [0.05, 0.1) is 10.5 Å². The summed E-state index contributed by atoms with van der Waals surface area (Å²) in [7, 11) is -3.09. The molecule has 0 radical (unpaired) electrons. The van der Waals surface area contributed by atoms with Crippen molar-refractivity contribution in [3.05, 3.63) is 72.3 Å². The van der Waals surface area contributed by atoms with Crippen LogP contribution in [0, 0.1) is 5.92 Å². The van der Waals surface area contributed by atoms with Gasteiger partial charge in [-0.3, -0.25) is 0 Å². The summed E-state index contributed by atoms with van der Waals surface area (Å²) >= 11 is 0. The normalized spacial score (nSPS) is 13.4. The van der Waals surface area contributed by atoms with Crippen molar-refractivity contribution < 1.29 is 18.3 Å². The summed E-state index contributed by atoms with van der Waals surface area (Å²) in [6.07, 6.45) is 3.67. The van der Waals surface area contributed by atoms with E-state index in [1.807, 2.05) is 70.2 Å². The standard InChI is InChI=1S/C13H17NO2.C11H10O2S.2C2H6/c1-10-6-8-14(9-7-10)12-4-2-11(3-5-12)13(15)16;1-14(12,13)11-7-6-9-4-2-3-5-10(9)8-11;2*1-2/h2-5,10H,6-9H2,1H3,(H,15,16);2-8H,1H3;2*1-2H3. The third kappa shape index (κ3) is 8.82. The van der Waals surface area contributed by atoms with Crippen molar-refractivity contribution in [3.8, 4) is 0 Å². The lowest BCUT2D eigenvalue weighted by atomic mass is 9.99. The van der Waals surface area contributed by atoms with Crippen molar-refractivity contribution in [3.63, 3.8) is 0 Å². The fourth-order valence-corrected chi connectivity index (χ4v) is 4.14. The second-order valence-electron chi connectivity index (χ2n) is 7.80. The van der Waals surface area contributed by atoms with E-state index in [-0.39, 0.29) is 0 Å². The van der Waals surface area contributed by atoms with Gasteiger partial charge < -0.3 is 10.0 Å². The summed E-state index contributed by atoms with van der Waals surface area (Å²) in [5.41, 5.74) is 1.49. The molecule has 6 heteroatoms. The number of fused-ring (bicyclic) bond motifs is 1. The van der Waals surface area contributed by atoms with E-state index in [2.05, 4.69) is 11.8 Å². The summed E-state index contributed by atoms with van der Waals surface area (Å²) in [5, 5.41) is 10.8. The molecular formula is C28H39NO4S. The topological polar surface area (TPSA) is 74.7 Å². The van der Waals surface area contributed by atoms with Crippen molar-refractivity contribution in [2.24, 2.45) is 5.92 Å². The minimum Gasteiger partial charge on any atom is -0.478 e. The van der Waals surface area contributed by atoms with Crippen molar-refractivity contribution in [1.29, 1.82) is 0 Å². The number of sulfone groups is 1. The molecule has 5 nitrogen and oxygen atoms in total. The van der Waals surface area contributed by atoms with E-state index >= 15 is 0 Å². The summed E-state index contributed by atoms with van der Waals surface area (Å²) in [4.78, 5) is 13.4. The molecule has 0 bridgehead atoms. The molecule has 0 unspecified atom stereocenters. The Morgan fingerprint density at radius 2 is 1.38 bits per heavy atom. The van der Waals surface area contributed by atoms with E-state index in [1.165, 1.54) is 19.1 Å². The lowest BCUT2D eigenvalue weighted by Gasteiger charge is -2.32. The Morgan fingerprint density at radius 1 is 0.853 bits per heavy atom. The highest BCUT2D eigenvalue weighted by Gasteiger charge is 2.16. The Hall–Kier alpha value is -2.86. The predicted octanol–water partition coefficient (Wildman–Crippen LogP) is 6.92. The Labute approximate surface area is 205 Å². The van der Waals surface area contributed by atoms with Crippen LogP contribution in [0.2, 0.25) is 0 Å². The van der Waals surface area contributed by atoms with Crippen LogP contribution in [0.1, 0.15) is 57.8 Å². The summed E-state index contributed by atoms with van der Waals surface area (Å²) in [6, 6.07) is 20.0. The number of carboxylic acid groups (broad SMARTS) is 1. The molecule has 0 spiro atoms. The first-order valence-electron chi connectivity index (χ1n) is 12.0. The molecule has 0 saturated carbocycles. The lowest BCUT2D eigenvalue weighted by molar-refractivity contribution is 0.0697. The molecule has 0 amide bonds. The van der Waals surface area contributed by atoms with Crippen LogP contribution in [0.15, 0.2) is 71.6 Å². The molecule has 1 saturated heterocycles. The molecule has 1 aliphatic rings. The van der Waals surface area contributed by atoms with Crippen LogP contribution in [0.4, 0.5) is 5.69 Å². The fraction of sp³-hybridized carbons (Fsp3) is 0.393. The number of hydrogen-bond donors (Lipinski definition) is 1. The average Bonchev–Trinajstić information content (AvgIpc) is 2.86. The Kier molecular flexibility index (Phi) is 12.4. The molecule has 1 heterocycles. The molecule has 0 aromatic heterocycles. The first-order valence-corrected chi connectivity index (χ1v) is 13.9. The summed E-state index contributed by atoms with van der Waals surface area (Å²) in [5.74, 6) is -0.0478.